The minimum atomic E-state index is -0.792. The molecule has 0 saturated heterocycles. The molecule has 1 atom stereocenters. The normalized spacial score (nSPS) is 12.7. The van der Waals surface area contributed by atoms with E-state index in [-0.39, 0.29) is 31.1 Å². The number of hydrogen-bond donors (Lipinski definition) is 0. The van der Waals surface area contributed by atoms with Gasteiger partial charge >= 0.3 is 17.9 Å². The Morgan fingerprint density at radius 2 is 0.745 bits per heavy atom. The van der Waals surface area contributed by atoms with Crippen LogP contribution in [0.3, 0.4) is 0 Å². The van der Waals surface area contributed by atoms with Gasteiger partial charge in [0.25, 0.3) is 0 Å². The molecule has 1 unspecified atom stereocenters. The van der Waals surface area contributed by atoms with Gasteiger partial charge in [0.15, 0.2) is 6.10 Å². The van der Waals surface area contributed by atoms with Crippen LogP contribution in [0.25, 0.3) is 0 Å². The zero-order valence-electron chi connectivity index (χ0n) is 35.7. The van der Waals surface area contributed by atoms with E-state index in [1.807, 2.05) is 48.6 Å². The van der Waals surface area contributed by atoms with Crippen LogP contribution in [0.15, 0.2) is 72.9 Å². The van der Waals surface area contributed by atoms with E-state index >= 15 is 0 Å². The average molecular weight is 767 g/mol. The fraction of sp³-hybridized carbons (Fsp3) is 0.694. The molecule has 55 heavy (non-hydrogen) atoms. The highest BCUT2D eigenvalue weighted by Gasteiger charge is 2.19. The van der Waals surface area contributed by atoms with Crippen LogP contribution in [-0.4, -0.2) is 37.2 Å². The van der Waals surface area contributed by atoms with Crippen LogP contribution < -0.4 is 0 Å². The van der Waals surface area contributed by atoms with Gasteiger partial charge in [0.1, 0.15) is 13.2 Å². The first kappa shape index (κ1) is 51.9. The SMILES string of the molecule is CC\C=C/C=C\C=C/C=C\C=C/CCCCCC(=O)OCC(COC(=O)CCCCCC/C=C\CCCC)OC(=O)CCCCCCCCCCCCCC. The molecule has 0 radical (unpaired) electrons. The van der Waals surface area contributed by atoms with E-state index in [9.17, 15) is 14.4 Å². The Balaban J connectivity index is 4.47. The summed E-state index contributed by atoms with van der Waals surface area (Å²) in [7, 11) is 0. The number of unbranched alkanes of at least 4 members (excludes halogenated alkanes) is 20. The highest BCUT2D eigenvalue weighted by molar-refractivity contribution is 5.71. The third-order valence-corrected chi connectivity index (χ3v) is 9.32. The predicted molar refractivity (Wildman–Crippen MR) is 233 cm³/mol. The molecule has 0 spiro atoms. The number of allylic oxidation sites excluding steroid dienone is 12. The molecule has 0 bridgehead atoms. The number of ether oxygens (including phenoxy) is 3. The van der Waals surface area contributed by atoms with E-state index in [1.165, 1.54) is 70.6 Å². The molecule has 0 rings (SSSR count). The first-order valence-electron chi connectivity index (χ1n) is 22.5. The van der Waals surface area contributed by atoms with Crippen LogP contribution in [0.5, 0.6) is 0 Å². The molecular weight excluding hydrogens is 685 g/mol. The minimum absolute atomic E-state index is 0.0948. The maximum absolute atomic E-state index is 12.7. The molecule has 0 heterocycles. The first-order valence-corrected chi connectivity index (χ1v) is 22.5. The van der Waals surface area contributed by atoms with E-state index < -0.39 is 6.10 Å². The molecule has 0 amide bonds. The summed E-state index contributed by atoms with van der Waals surface area (Å²) in [5, 5.41) is 0. The summed E-state index contributed by atoms with van der Waals surface area (Å²) in [5.41, 5.74) is 0. The molecule has 0 aliphatic heterocycles. The topological polar surface area (TPSA) is 78.9 Å². The fourth-order valence-corrected chi connectivity index (χ4v) is 5.91. The number of carbonyl (C=O) groups excluding carboxylic acids is 3. The molecule has 6 nitrogen and oxygen atoms in total. The van der Waals surface area contributed by atoms with Gasteiger partial charge in [-0.1, -0.05) is 196 Å². The molecule has 314 valence electrons. The summed E-state index contributed by atoms with van der Waals surface area (Å²) in [6, 6.07) is 0. The predicted octanol–water partition coefficient (Wildman–Crippen LogP) is 14.3. The molecule has 0 aromatic rings. The Kier molecular flexibility index (Phi) is 41.1. The number of rotatable bonds is 39. The van der Waals surface area contributed by atoms with Crippen molar-refractivity contribution in [2.45, 2.75) is 207 Å². The van der Waals surface area contributed by atoms with Crippen LogP contribution in [0.4, 0.5) is 0 Å². The fourth-order valence-electron chi connectivity index (χ4n) is 5.91. The monoisotopic (exact) mass is 767 g/mol. The molecule has 0 aliphatic carbocycles. The van der Waals surface area contributed by atoms with Crippen molar-refractivity contribution in [2.75, 3.05) is 13.2 Å². The Morgan fingerprint density at radius 1 is 0.382 bits per heavy atom. The lowest BCUT2D eigenvalue weighted by molar-refractivity contribution is -0.167. The maximum Gasteiger partial charge on any atom is 0.306 e. The van der Waals surface area contributed by atoms with Crippen molar-refractivity contribution in [2.24, 2.45) is 0 Å². The van der Waals surface area contributed by atoms with E-state index in [4.69, 9.17) is 14.2 Å². The van der Waals surface area contributed by atoms with Gasteiger partial charge in [0, 0.05) is 19.3 Å². The van der Waals surface area contributed by atoms with Gasteiger partial charge in [-0.2, -0.15) is 0 Å². The third kappa shape index (κ3) is 41.8. The zero-order chi connectivity index (χ0) is 40.1. The Labute approximate surface area is 338 Å². The van der Waals surface area contributed by atoms with Gasteiger partial charge in [0.2, 0.25) is 0 Å². The van der Waals surface area contributed by atoms with Crippen molar-refractivity contribution in [3.05, 3.63) is 72.9 Å². The summed E-state index contributed by atoms with van der Waals surface area (Å²) in [4.78, 5) is 37.7. The standard InChI is InChI=1S/C49H82O6/c1-4-7-10-13-16-19-22-24-25-26-28-30-33-36-39-42-48(51)54-45-46(44-53-47(50)41-38-35-32-29-21-18-15-12-9-6-3)55-49(52)43-40-37-34-31-27-23-20-17-14-11-8-5-2/h7,10,13,15-16,18-19,22,24-26,28,46H,4-6,8-9,11-12,14,17,20-21,23,27,29-45H2,1-3H3/b10-7-,16-13-,18-15-,22-19-,25-24-,28-26-. The van der Waals surface area contributed by atoms with Crippen molar-refractivity contribution < 1.29 is 28.6 Å². The van der Waals surface area contributed by atoms with Crippen molar-refractivity contribution in [1.29, 1.82) is 0 Å². The summed E-state index contributed by atoms with van der Waals surface area (Å²) in [5.74, 6) is -0.956. The van der Waals surface area contributed by atoms with Crippen LogP contribution in [-0.2, 0) is 28.6 Å². The Bertz CT molecular complexity index is 1070. The molecule has 0 aromatic carbocycles. The van der Waals surface area contributed by atoms with Crippen molar-refractivity contribution in [3.63, 3.8) is 0 Å². The second-order valence-electron chi connectivity index (χ2n) is 14.7. The maximum atomic E-state index is 12.7. The quantitative estimate of drug-likeness (QED) is 0.0204. The second-order valence-corrected chi connectivity index (χ2v) is 14.7. The van der Waals surface area contributed by atoms with Crippen LogP contribution >= 0.6 is 0 Å². The summed E-state index contributed by atoms with van der Waals surface area (Å²) in [6.07, 6.45) is 53.1. The van der Waals surface area contributed by atoms with Crippen LogP contribution in [0.2, 0.25) is 0 Å². The molecule has 0 fully saturated rings. The zero-order valence-corrected chi connectivity index (χ0v) is 35.7. The van der Waals surface area contributed by atoms with Crippen molar-refractivity contribution in [3.8, 4) is 0 Å². The minimum Gasteiger partial charge on any atom is -0.462 e. The highest BCUT2D eigenvalue weighted by Crippen LogP contribution is 2.14. The van der Waals surface area contributed by atoms with Crippen molar-refractivity contribution >= 4 is 17.9 Å². The van der Waals surface area contributed by atoms with Gasteiger partial charge in [-0.3, -0.25) is 14.4 Å². The van der Waals surface area contributed by atoms with E-state index in [0.29, 0.717) is 19.3 Å². The lowest BCUT2D eigenvalue weighted by Gasteiger charge is -2.18. The van der Waals surface area contributed by atoms with Crippen molar-refractivity contribution in [1.82, 2.24) is 0 Å². The van der Waals surface area contributed by atoms with Crippen LogP contribution in [0, 0.1) is 0 Å². The van der Waals surface area contributed by atoms with Crippen LogP contribution in [0.1, 0.15) is 201 Å². The summed E-state index contributed by atoms with van der Waals surface area (Å²) in [6.45, 7) is 6.38. The molecule has 0 aromatic heterocycles. The second kappa shape index (κ2) is 43.6. The summed E-state index contributed by atoms with van der Waals surface area (Å²) < 4.78 is 16.6. The van der Waals surface area contributed by atoms with Gasteiger partial charge in [0.05, 0.1) is 0 Å². The van der Waals surface area contributed by atoms with Gasteiger partial charge in [-0.25, -0.2) is 0 Å². The molecular formula is C49H82O6. The largest absolute Gasteiger partial charge is 0.462 e. The Hall–Kier alpha value is -3.15. The van der Waals surface area contributed by atoms with Gasteiger partial charge in [-0.05, 0) is 57.8 Å². The molecule has 6 heteroatoms. The van der Waals surface area contributed by atoms with E-state index in [2.05, 4.69) is 45.1 Å². The lowest BCUT2D eigenvalue weighted by Crippen LogP contribution is -2.30. The number of hydrogen-bond acceptors (Lipinski definition) is 6. The van der Waals surface area contributed by atoms with Gasteiger partial charge in [-0.15, -0.1) is 0 Å². The highest BCUT2D eigenvalue weighted by atomic mass is 16.6. The van der Waals surface area contributed by atoms with E-state index in [0.717, 1.165) is 89.9 Å². The number of esters is 3. The number of carbonyl (C=O) groups is 3. The Morgan fingerprint density at radius 3 is 1.24 bits per heavy atom. The molecule has 0 aliphatic rings. The van der Waals surface area contributed by atoms with E-state index in [1.54, 1.807) is 0 Å². The smallest absolute Gasteiger partial charge is 0.306 e. The average Bonchev–Trinajstić information content (AvgIpc) is 3.18. The third-order valence-electron chi connectivity index (χ3n) is 9.32. The van der Waals surface area contributed by atoms with Gasteiger partial charge < -0.3 is 14.2 Å². The first-order chi connectivity index (χ1) is 27.0. The lowest BCUT2D eigenvalue weighted by atomic mass is 10.0. The summed E-state index contributed by atoms with van der Waals surface area (Å²) >= 11 is 0. The molecule has 0 saturated carbocycles. The molecule has 0 N–H and O–H groups in total.